The Morgan fingerprint density at radius 2 is 1.14 bits per heavy atom. The first-order valence-electron chi connectivity index (χ1n) is 16.0. The molecular weight excluding hydrogens is 644 g/mol. The predicted octanol–water partition coefficient (Wildman–Crippen LogP) is 3.71. The van der Waals surface area contributed by atoms with Crippen LogP contribution in [0.4, 0.5) is 34.6 Å². The van der Waals surface area contributed by atoms with E-state index in [4.69, 9.17) is 21.7 Å². The van der Waals surface area contributed by atoms with Crippen LogP contribution in [-0.2, 0) is 26.9 Å². The molecule has 0 spiro atoms. The Balaban J connectivity index is 1.55. The Kier molecular flexibility index (Phi) is 10.7. The molecule has 262 valence electrons. The van der Waals surface area contributed by atoms with Gasteiger partial charge >= 0.3 is 0 Å². The summed E-state index contributed by atoms with van der Waals surface area (Å²) in [6, 6.07) is 1.64. The quantitative estimate of drug-likeness (QED) is 0.123. The van der Waals surface area contributed by atoms with Crippen LogP contribution in [0.25, 0.3) is 11.6 Å². The molecule has 0 saturated carbocycles. The van der Waals surface area contributed by atoms with Gasteiger partial charge in [-0.2, -0.15) is 29.8 Å². The number of nitrogens with one attached hydrogen (secondary N) is 2. The van der Waals surface area contributed by atoms with Crippen molar-refractivity contribution >= 4 is 46.5 Å². The summed E-state index contributed by atoms with van der Waals surface area (Å²) in [6.45, 7) is 4.14. The summed E-state index contributed by atoms with van der Waals surface area (Å²) in [5.74, 6) is 0.856. The lowest BCUT2D eigenvalue weighted by molar-refractivity contribution is 0.0955. The maximum atomic E-state index is 12.4. The first-order valence-corrected chi connectivity index (χ1v) is 16.0. The molecule has 5 rings (SSSR count). The molecule has 0 aliphatic rings. The molecule has 0 aliphatic heterocycles. The third kappa shape index (κ3) is 6.93. The predicted molar refractivity (Wildman–Crippen MR) is 184 cm³/mol. The van der Waals surface area contributed by atoms with Crippen molar-refractivity contribution in [3.8, 4) is 11.6 Å². The summed E-state index contributed by atoms with van der Waals surface area (Å²) in [7, 11) is 6.38. The number of rotatable bonds is 14. The number of carbonyl (C=O) groups is 2. The van der Waals surface area contributed by atoms with Gasteiger partial charge in [-0.05, 0) is 25.7 Å². The fraction of sp³-hybridized carbons (Fsp3) is 0.400. The van der Waals surface area contributed by atoms with Gasteiger partial charge in [0.1, 0.15) is 17.5 Å². The monoisotopic (exact) mass is 684 g/mol. The van der Waals surface area contributed by atoms with Gasteiger partial charge in [0.25, 0.3) is 11.8 Å². The Bertz CT molecular complexity index is 1920. The Hall–Kier alpha value is -6.34. The first kappa shape index (κ1) is 35.0. The van der Waals surface area contributed by atoms with Crippen molar-refractivity contribution in [3.63, 3.8) is 0 Å². The number of anilines is 2. The van der Waals surface area contributed by atoms with Crippen LogP contribution >= 0.6 is 0 Å². The number of azo groups is 2. The van der Waals surface area contributed by atoms with Crippen molar-refractivity contribution in [1.82, 2.24) is 59.7 Å². The zero-order chi connectivity index (χ0) is 35.9. The van der Waals surface area contributed by atoms with Crippen molar-refractivity contribution in [2.75, 3.05) is 25.6 Å². The number of unbranched alkanes of at least 4 members (excludes halogenated alkanes) is 2. The lowest BCUT2D eigenvalue weighted by Crippen LogP contribution is -2.17. The van der Waals surface area contributed by atoms with Gasteiger partial charge in [-0.3, -0.25) is 9.59 Å². The number of amides is 2. The van der Waals surface area contributed by atoms with Crippen molar-refractivity contribution in [1.29, 1.82) is 0 Å². The highest BCUT2D eigenvalue weighted by molar-refractivity contribution is 5.98. The van der Waals surface area contributed by atoms with Gasteiger partial charge in [0.05, 0.1) is 23.8 Å². The molecular formula is C30H40N18O2. The smallest absolute Gasteiger partial charge is 0.256 e. The minimum absolute atomic E-state index is 0.183. The average Bonchev–Trinajstić information content (AvgIpc) is 3.86. The van der Waals surface area contributed by atoms with Crippen LogP contribution in [0.5, 0.6) is 0 Å². The van der Waals surface area contributed by atoms with Gasteiger partial charge in [0.2, 0.25) is 0 Å². The Morgan fingerprint density at radius 3 is 1.52 bits per heavy atom. The van der Waals surface area contributed by atoms with Crippen molar-refractivity contribution in [2.45, 2.75) is 52.4 Å². The van der Waals surface area contributed by atoms with E-state index in [2.05, 4.69) is 65.1 Å². The molecule has 5 aromatic heterocycles. The fourth-order valence-corrected chi connectivity index (χ4v) is 4.99. The number of hydrogen-bond donors (Lipinski definition) is 4. The molecule has 0 radical (unpaired) electrons. The number of aryl methyl sites for hydroxylation is 4. The molecule has 50 heavy (non-hydrogen) atoms. The van der Waals surface area contributed by atoms with Crippen LogP contribution in [0, 0.1) is 0 Å². The summed E-state index contributed by atoms with van der Waals surface area (Å²) in [6.07, 6.45) is 8.82. The molecule has 0 bridgehead atoms. The number of aromatic nitrogens is 10. The van der Waals surface area contributed by atoms with Crippen LogP contribution in [0.15, 0.2) is 45.2 Å². The number of carbonyl (C=O) groups excluding carboxylic acids is 2. The zero-order valence-electron chi connectivity index (χ0n) is 28.8. The third-order valence-corrected chi connectivity index (χ3v) is 7.78. The lowest BCUT2D eigenvalue weighted by Gasteiger charge is -2.06. The van der Waals surface area contributed by atoms with Crippen LogP contribution in [0.3, 0.4) is 0 Å². The Morgan fingerprint density at radius 1 is 0.720 bits per heavy atom. The molecule has 0 saturated heterocycles. The maximum Gasteiger partial charge on any atom is 0.256 e. The van der Waals surface area contributed by atoms with Gasteiger partial charge in [0.15, 0.2) is 46.3 Å². The molecule has 0 fully saturated rings. The van der Waals surface area contributed by atoms with E-state index in [0.29, 0.717) is 47.2 Å². The maximum absolute atomic E-state index is 12.4. The molecule has 6 N–H and O–H groups in total. The minimum Gasteiger partial charge on any atom is -0.382 e. The molecule has 0 aliphatic carbocycles. The summed E-state index contributed by atoms with van der Waals surface area (Å²) in [5.41, 5.74) is 15.7. The summed E-state index contributed by atoms with van der Waals surface area (Å²) in [4.78, 5) is 33.6. The van der Waals surface area contributed by atoms with E-state index in [-0.39, 0.29) is 46.2 Å². The van der Waals surface area contributed by atoms with E-state index in [1.54, 1.807) is 20.2 Å². The van der Waals surface area contributed by atoms with E-state index in [9.17, 15) is 9.59 Å². The Labute approximate surface area is 287 Å². The molecule has 5 aromatic rings. The van der Waals surface area contributed by atoms with E-state index in [1.807, 2.05) is 0 Å². The van der Waals surface area contributed by atoms with E-state index in [0.717, 1.165) is 25.7 Å². The number of nitrogens with zero attached hydrogens (tertiary/aromatic N) is 14. The topological polar surface area (TPSA) is 257 Å². The second-order valence-corrected chi connectivity index (χ2v) is 11.2. The highest BCUT2D eigenvalue weighted by Gasteiger charge is 2.23. The average molecular weight is 685 g/mol. The van der Waals surface area contributed by atoms with Gasteiger partial charge in [-0.25, -0.2) is 19.3 Å². The minimum atomic E-state index is -0.346. The summed E-state index contributed by atoms with van der Waals surface area (Å²) < 4.78 is 5.81. The number of nitrogen functional groups attached to an aromatic ring is 2. The molecule has 0 unspecified atom stereocenters. The number of nitrogens with two attached hydrogens (primary N) is 2. The molecule has 0 aromatic carbocycles. The number of hydrogen-bond acceptors (Lipinski definition) is 14. The molecule has 5 heterocycles. The van der Waals surface area contributed by atoms with Crippen LogP contribution < -0.4 is 22.1 Å². The zero-order valence-corrected chi connectivity index (χ0v) is 28.8. The highest BCUT2D eigenvalue weighted by Crippen LogP contribution is 2.35. The lowest BCUT2D eigenvalue weighted by atomic mass is 10.2. The SMILES string of the molecule is CCCCc1nn(-c2cc(-n3nc(CCCC)c(N=Nc4c(C(=O)NC)cnn4C)c3N)ncn2)c(N)c1N=Nc1c(C(=O)NC)cnn1C. The second-order valence-electron chi connectivity index (χ2n) is 11.2. The third-order valence-electron chi connectivity index (χ3n) is 7.78. The standard InChI is InChI=1S/C30H40N18O2/c1-7-9-11-19-23(39-41-27-17(29(49)33-3)14-37-45(27)5)25(31)47(43-19)21-13-22(36-16-35-21)48-26(32)24(20(44-48)12-10-8-2)40-42-28-18(30(50)34-4)15-38-46(28)6/h13-16H,7-12,31-32H2,1-6H3,(H,33,49)(H,34,50). The summed E-state index contributed by atoms with van der Waals surface area (Å²) >= 11 is 0. The van der Waals surface area contributed by atoms with Crippen LogP contribution in [0.2, 0.25) is 0 Å². The normalized spacial score (nSPS) is 11.6. The van der Waals surface area contributed by atoms with E-state index < -0.39 is 0 Å². The van der Waals surface area contributed by atoms with E-state index >= 15 is 0 Å². The van der Waals surface area contributed by atoms with Gasteiger partial charge in [-0.1, -0.05) is 26.7 Å². The first-order chi connectivity index (χ1) is 24.1. The highest BCUT2D eigenvalue weighted by atomic mass is 16.2. The summed E-state index contributed by atoms with van der Waals surface area (Å²) in [5, 5.41) is 40.5. The van der Waals surface area contributed by atoms with Gasteiger partial charge in [-0.15, -0.1) is 20.5 Å². The van der Waals surface area contributed by atoms with Crippen molar-refractivity contribution in [2.24, 2.45) is 34.6 Å². The largest absolute Gasteiger partial charge is 0.382 e. The molecule has 20 heteroatoms. The van der Waals surface area contributed by atoms with E-state index in [1.165, 1.54) is 51.5 Å². The molecule has 2 amide bonds. The van der Waals surface area contributed by atoms with Crippen molar-refractivity contribution < 1.29 is 9.59 Å². The molecule has 20 nitrogen and oxygen atoms in total. The second kappa shape index (κ2) is 15.3. The van der Waals surface area contributed by atoms with Crippen LogP contribution in [0.1, 0.15) is 71.6 Å². The van der Waals surface area contributed by atoms with Crippen molar-refractivity contribution in [3.05, 3.63) is 47.3 Å². The fourth-order valence-electron chi connectivity index (χ4n) is 4.99. The van der Waals surface area contributed by atoms with Gasteiger partial charge in [0, 0.05) is 34.3 Å². The van der Waals surface area contributed by atoms with Gasteiger partial charge < -0.3 is 22.1 Å². The van der Waals surface area contributed by atoms with Crippen LogP contribution in [-0.4, -0.2) is 75.0 Å². The molecule has 0 atom stereocenters.